The van der Waals surface area contributed by atoms with Gasteiger partial charge in [0.15, 0.2) is 11.5 Å². The maximum Gasteiger partial charge on any atom is 0.416 e. The van der Waals surface area contributed by atoms with Crippen molar-refractivity contribution in [3.8, 4) is 17.2 Å². The van der Waals surface area contributed by atoms with Crippen molar-refractivity contribution in [3.63, 3.8) is 0 Å². The van der Waals surface area contributed by atoms with E-state index in [-0.39, 0.29) is 25.4 Å². The van der Waals surface area contributed by atoms with Crippen LogP contribution in [0.3, 0.4) is 0 Å². The van der Waals surface area contributed by atoms with E-state index in [1.165, 1.54) is 13.2 Å². The summed E-state index contributed by atoms with van der Waals surface area (Å²) in [5.74, 6) is 2.45. The Hall–Kier alpha value is -4.28. The fraction of sp³-hybridized carbons (Fsp3) is 0.240. The summed E-state index contributed by atoms with van der Waals surface area (Å²) in [6.45, 7) is 2.30. The van der Waals surface area contributed by atoms with E-state index in [1.807, 2.05) is 0 Å². The minimum absolute atomic E-state index is 0.0271. The first-order chi connectivity index (χ1) is 17.2. The lowest BCUT2D eigenvalue weighted by atomic mass is 10.1. The molecule has 0 aliphatic rings. The molecule has 4 rings (SSSR count). The van der Waals surface area contributed by atoms with Crippen LogP contribution in [0.2, 0.25) is 0 Å². The van der Waals surface area contributed by atoms with Gasteiger partial charge in [0.2, 0.25) is 0 Å². The molecule has 4 aromatic rings. The van der Waals surface area contributed by atoms with Gasteiger partial charge in [0.05, 0.1) is 24.4 Å². The van der Waals surface area contributed by atoms with Gasteiger partial charge in [-0.1, -0.05) is 0 Å². The van der Waals surface area contributed by atoms with E-state index in [0.717, 1.165) is 12.1 Å². The molecular weight excluding hydrogens is 475 g/mol. The largest absolute Gasteiger partial charge is 0.493 e. The highest BCUT2D eigenvalue weighted by Gasteiger charge is 2.31. The third-order valence-electron chi connectivity index (χ3n) is 5.14. The Bertz CT molecular complexity index is 1350. The van der Waals surface area contributed by atoms with Crippen LogP contribution in [0.4, 0.5) is 24.7 Å². The minimum atomic E-state index is -4.49. The molecule has 0 unspecified atom stereocenters. The summed E-state index contributed by atoms with van der Waals surface area (Å²) in [4.78, 5) is 12.9. The molecule has 0 saturated heterocycles. The average molecular weight is 499 g/mol. The number of anilines is 2. The summed E-state index contributed by atoms with van der Waals surface area (Å²) < 4.78 is 56.5. The normalized spacial score (nSPS) is 11.4. The van der Waals surface area contributed by atoms with E-state index in [1.54, 1.807) is 43.6 Å². The standard InChI is InChI=1S/C25H24F3N5O3/c1-15-32-21-12-22(34-2)23(36-7-6-35-19-4-3-5-30-14-19)11-20(21)24(33-15)31-13-16-8-17(25(26,27)28)10-18(29)9-16/h3-5,8-12,14H,6-7,13,29H2,1-2H3,(H,31,32,33). The van der Waals surface area contributed by atoms with Crippen molar-refractivity contribution in [2.75, 3.05) is 31.4 Å². The molecule has 11 heteroatoms. The number of nitrogens with zero attached hydrogens (tertiary/aromatic N) is 3. The van der Waals surface area contributed by atoms with Crippen molar-refractivity contribution in [1.82, 2.24) is 15.0 Å². The van der Waals surface area contributed by atoms with Gasteiger partial charge < -0.3 is 25.3 Å². The Morgan fingerprint density at radius 3 is 2.53 bits per heavy atom. The summed E-state index contributed by atoms with van der Waals surface area (Å²) in [5, 5.41) is 3.72. The zero-order chi connectivity index (χ0) is 25.7. The quantitative estimate of drug-likeness (QED) is 0.245. The van der Waals surface area contributed by atoms with Crippen LogP contribution in [0.5, 0.6) is 17.2 Å². The molecule has 0 atom stereocenters. The Kier molecular flexibility index (Phi) is 7.28. The van der Waals surface area contributed by atoms with E-state index in [4.69, 9.17) is 19.9 Å². The molecule has 0 spiro atoms. The number of alkyl halides is 3. The third kappa shape index (κ3) is 6.04. The monoisotopic (exact) mass is 499 g/mol. The van der Waals surface area contributed by atoms with E-state index < -0.39 is 11.7 Å². The molecule has 0 radical (unpaired) electrons. The third-order valence-corrected chi connectivity index (χ3v) is 5.14. The molecule has 0 fully saturated rings. The van der Waals surface area contributed by atoms with E-state index in [2.05, 4.69) is 20.3 Å². The molecule has 0 aliphatic heterocycles. The van der Waals surface area contributed by atoms with Crippen molar-refractivity contribution >= 4 is 22.4 Å². The van der Waals surface area contributed by atoms with Crippen molar-refractivity contribution < 1.29 is 27.4 Å². The lowest BCUT2D eigenvalue weighted by molar-refractivity contribution is -0.137. The van der Waals surface area contributed by atoms with Crippen LogP contribution < -0.4 is 25.3 Å². The maximum absolute atomic E-state index is 13.2. The van der Waals surface area contributed by atoms with Gasteiger partial charge in [-0.3, -0.25) is 4.98 Å². The number of pyridine rings is 1. The Labute approximate surface area is 205 Å². The molecular formula is C25H24F3N5O3. The number of methoxy groups -OCH3 is 1. The first-order valence-corrected chi connectivity index (χ1v) is 11.0. The summed E-state index contributed by atoms with van der Waals surface area (Å²) in [6, 6.07) is 10.4. The number of hydrogen-bond donors (Lipinski definition) is 2. The number of hydrogen-bond acceptors (Lipinski definition) is 8. The molecule has 0 aliphatic carbocycles. The number of rotatable bonds is 9. The van der Waals surface area contributed by atoms with E-state index in [9.17, 15) is 13.2 Å². The molecule has 0 amide bonds. The zero-order valence-corrected chi connectivity index (χ0v) is 19.6. The number of aryl methyl sites for hydroxylation is 1. The number of nitrogens with one attached hydrogen (secondary N) is 1. The number of nitrogens with two attached hydrogens (primary N) is 1. The molecule has 8 nitrogen and oxygen atoms in total. The van der Waals surface area contributed by atoms with E-state index >= 15 is 0 Å². The van der Waals surface area contributed by atoms with Gasteiger partial charge >= 0.3 is 6.18 Å². The van der Waals surface area contributed by atoms with E-state index in [0.29, 0.717) is 45.4 Å². The van der Waals surface area contributed by atoms with Crippen LogP contribution in [0.15, 0.2) is 54.9 Å². The predicted molar refractivity (Wildman–Crippen MR) is 129 cm³/mol. The summed E-state index contributed by atoms with van der Waals surface area (Å²) in [6.07, 6.45) is -1.24. The van der Waals surface area contributed by atoms with Gasteiger partial charge in [0.1, 0.15) is 30.6 Å². The molecule has 188 valence electrons. The second kappa shape index (κ2) is 10.5. The van der Waals surface area contributed by atoms with Gasteiger partial charge in [-0.05, 0) is 48.9 Å². The Balaban J connectivity index is 1.55. The highest BCUT2D eigenvalue weighted by Crippen LogP contribution is 2.35. The van der Waals surface area contributed by atoms with Crippen LogP contribution in [0.25, 0.3) is 10.9 Å². The van der Waals surface area contributed by atoms with Gasteiger partial charge in [0.25, 0.3) is 0 Å². The Morgan fingerprint density at radius 2 is 1.81 bits per heavy atom. The summed E-state index contributed by atoms with van der Waals surface area (Å²) in [5.41, 5.74) is 5.86. The topological polar surface area (TPSA) is 104 Å². The van der Waals surface area contributed by atoms with Crippen LogP contribution in [0, 0.1) is 6.92 Å². The number of benzene rings is 2. The van der Waals surface area contributed by atoms with Crippen molar-refractivity contribution in [2.45, 2.75) is 19.6 Å². The number of fused-ring (bicyclic) bond motifs is 1. The SMILES string of the molecule is COc1cc2nc(C)nc(NCc3cc(N)cc(C(F)(F)F)c3)c2cc1OCCOc1cccnc1. The van der Waals surface area contributed by atoms with Crippen molar-refractivity contribution in [2.24, 2.45) is 0 Å². The fourth-order valence-electron chi connectivity index (χ4n) is 3.57. The number of aromatic nitrogens is 3. The summed E-state index contributed by atoms with van der Waals surface area (Å²) in [7, 11) is 1.52. The number of nitrogen functional groups attached to an aromatic ring is 1. The lowest BCUT2D eigenvalue weighted by Gasteiger charge is -2.15. The molecule has 0 bridgehead atoms. The van der Waals surface area contributed by atoms with Crippen molar-refractivity contribution in [1.29, 1.82) is 0 Å². The maximum atomic E-state index is 13.2. The molecule has 2 aromatic carbocycles. The van der Waals surface area contributed by atoms with Gasteiger partial charge in [0, 0.05) is 29.9 Å². The van der Waals surface area contributed by atoms with Gasteiger partial charge in [-0.25, -0.2) is 9.97 Å². The smallest absolute Gasteiger partial charge is 0.416 e. The van der Waals surface area contributed by atoms with Crippen LogP contribution >= 0.6 is 0 Å². The summed E-state index contributed by atoms with van der Waals surface area (Å²) >= 11 is 0. The highest BCUT2D eigenvalue weighted by atomic mass is 19.4. The average Bonchev–Trinajstić information content (AvgIpc) is 2.84. The van der Waals surface area contributed by atoms with Gasteiger partial charge in [-0.15, -0.1) is 0 Å². The number of halogens is 3. The van der Waals surface area contributed by atoms with Crippen LogP contribution in [-0.4, -0.2) is 35.3 Å². The van der Waals surface area contributed by atoms with Gasteiger partial charge in [-0.2, -0.15) is 13.2 Å². The Morgan fingerprint density at radius 1 is 1.00 bits per heavy atom. The van der Waals surface area contributed by atoms with Crippen LogP contribution in [-0.2, 0) is 12.7 Å². The molecule has 36 heavy (non-hydrogen) atoms. The molecule has 0 saturated carbocycles. The molecule has 2 heterocycles. The fourth-order valence-corrected chi connectivity index (χ4v) is 3.57. The van der Waals surface area contributed by atoms with Crippen LogP contribution in [0.1, 0.15) is 17.0 Å². The predicted octanol–water partition coefficient (Wildman–Crippen LogP) is 5.01. The first-order valence-electron chi connectivity index (χ1n) is 11.0. The zero-order valence-electron chi connectivity index (χ0n) is 19.6. The first kappa shape index (κ1) is 24.8. The lowest BCUT2D eigenvalue weighted by Crippen LogP contribution is -2.10. The second-order valence-electron chi connectivity index (χ2n) is 7.84. The highest BCUT2D eigenvalue weighted by molar-refractivity contribution is 5.91. The molecule has 2 aromatic heterocycles. The number of ether oxygens (including phenoxy) is 3. The second-order valence-corrected chi connectivity index (χ2v) is 7.84. The molecule has 3 N–H and O–H groups in total. The van der Waals surface area contributed by atoms with Crippen molar-refractivity contribution in [3.05, 3.63) is 71.8 Å². The minimum Gasteiger partial charge on any atom is -0.493 e.